The minimum absolute atomic E-state index is 0.189. The summed E-state index contributed by atoms with van der Waals surface area (Å²) in [5.41, 5.74) is 10.2. The zero-order valence-corrected chi connectivity index (χ0v) is 19.7. The van der Waals surface area contributed by atoms with Crippen molar-refractivity contribution in [3.8, 4) is 11.1 Å². The van der Waals surface area contributed by atoms with Gasteiger partial charge in [0.15, 0.2) is 5.82 Å². The molecule has 0 spiro atoms. The first-order chi connectivity index (χ1) is 16.6. The topological polar surface area (TPSA) is 138 Å². The molecule has 1 saturated carbocycles. The lowest BCUT2D eigenvalue weighted by Gasteiger charge is -2.31. The Hall–Kier alpha value is -2.82. The zero-order chi connectivity index (χ0) is 23.7. The summed E-state index contributed by atoms with van der Waals surface area (Å²) >= 11 is 0. The van der Waals surface area contributed by atoms with Crippen LogP contribution in [0, 0.1) is 0 Å². The van der Waals surface area contributed by atoms with E-state index in [1.807, 2.05) is 17.8 Å². The number of aromatic nitrogens is 5. The maximum Gasteiger partial charge on any atom is 0.151 e. The van der Waals surface area contributed by atoms with Gasteiger partial charge in [0.2, 0.25) is 0 Å². The summed E-state index contributed by atoms with van der Waals surface area (Å²) in [5.74, 6) is 1.12. The Bertz CT molecular complexity index is 1140. The van der Waals surface area contributed by atoms with Gasteiger partial charge in [0.05, 0.1) is 30.6 Å². The molecule has 10 heteroatoms. The number of aliphatic hydroxyl groups is 2. The Morgan fingerprint density at radius 3 is 2.65 bits per heavy atom. The standard InChI is InChI=1S/C24H34N8O2/c1-2-20-24(28-16-3-4-18(34)11-16)30-21-19(13-26-23(25)22(21)29-20)15-12-27-32(14-15)17-5-7-31(8-6-17)9-10-33/h12-14,16-18,33-34H,2-11H2,1H3,(H2,25,26)(H,28,30)/t16-,18+/m1/s1. The molecule has 2 fully saturated rings. The second kappa shape index (κ2) is 9.81. The molecule has 2 aliphatic rings. The highest BCUT2D eigenvalue weighted by Gasteiger charge is 2.25. The second-order valence-corrected chi connectivity index (χ2v) is 9.44. The fraction of sp³-hybridized carbons (Fsp3) is 0.583. The van der Waals surface area contributed by atoms with Gasteiger partial charge in [0.1, 0.15) is 16.9 Å². The van der Waals surface area contributed by atoms with Gasteiger partial charge in [-0.1, -0.05) is 6.92 Å². The van der Waals surface area contributed by atoms with Crippen molar-refractivity contribution in [2.45, 2.75) is 63.6 Å². The summed E-state index contributed by atoms with van der Waals surface area (Å²) < 4.78 is 2.04. The monoisotopic (exact) mass is 466 g/mol. The summed E-state index contributed by atoms with van der Waals surface area (Å²) in [4.78, 5) is 16.5. The number of nitrogens with zero attached hydrogens (tertiary/aromatic N) is 6. The van der Waals surface area contributed by atoms with Crippen molar-refractivity contribution >= 4 is 22.7 Å². The number of nitrogens with one attached hydrogen (secondary N) is 1. The van der Waals surface area contributed by atoms with Crippen molar-refractivity contribution in [2.24, 2.45) is 0 Å². The number of pyridine rings is 1. The average Bonchev–Trinajstić information content (AvgIpc) is 3.49. The first-order valence-electron chi connectivity index (χ1n) is 12.3. The van der Waals surface area contributed by atoms with Gasteiger partial charge in [0, 0.05) is 49.2 Å². The number of nitrogen functional groups attached to an aromatic ring is 1. The lowest BCUT2D eigenvalue weighted by Crippen LogP contribution is -2.36. The predicted octanol–water partition coefficient (Wildman–Crippen LogP) is 1.99. The molecule has 3 aromatic heterocycles. The van der Waals surface area contributed by atoms with E-state index in [-0.39, 0.29) is 18.8 Å². The molecule has 182 valence electrons. The van der Waals surface area contributed by atoms with Crippen LogP contribution in [0.15, 0.2) is 18.6 Å². The van der Waals surface area contributed by atoms with Crippen molar-refractivity contribution in [1.82, 2.24) is 29.6 Å². The summed E-state index contributed by atoms with van der Waals surface area (Å²) in [6.07, 6.45) is 10.6. The zero-order valence-electron chi connectivity index (χ0n) is 19.7. The molecule has 4 heterocycles. The number of fused-ring (bicyclic) bond motifs is 1. The Morgan fingerprint density at radius 2 is 1.94 bits per heavy atom. The second-order valence-electron chi connectivity index (χ2n) is 9.44. The fourth-order valence-electron chi connectivity index (χ4n) is 5.17. The molecule has 0 radical (unpaired) electrons. The van der Waals surface area contributed by atoms with E-state index in [2.05, 4.69) is 26.5 Å². The number of anilines is 2. The van der Waals surface area contributed by atoms with Crippen LogP contribution in [0.1, 0.15) is 50.8 Å². The number of aliphatic hydroxyl groups excluding tert-OH is 2. The van der Waals surface area contributed by atoms with Gasteiger partial charge < -0.3 is 26.2 Å². The van der Waals surface area contributed by atoms with Gasteiger partial charge >= 0.3 is 0 Å². The van der Waals surface area contributed by atoms with Crippen molar-refractivity contribution < 1.29 is 10.2 Å². The molecule has 0 amide bonds. The summed E-state index contributed by atoms with van der Waals surface area (Å²) in [6.45, 7) is 4.90. The highest BCUT2D eigenvalue weighted by molar-refractivity contribution is 5.96. The van der Waals surface area contributed by atoms with Crippen molar-refractivity contribution in [1.29, 1.82) is 0 Å². The molecular weight excluding hydrogens is 432 g/mol. The third-order valence-corrected chi connectivity index (χ3v) is 7.14. The maximum absolute atomic E-state index is 9.93. The molecule has 5 rings (SSSR count). The average molecular weight is 467 g/mol. The molecule has 3 aromatic rings. The Morgan fingerprint density at radius 1 is 1.12 bits per heavy atom. The van der Waals surface area contributed by atoms with E-state index in [1.54, 1.807) is 6.20 Å². The first-order valence-corrected chi connectivity index (χ1v) is 12.3. The Labute approximate surface area is 199 Å². The van der Waals surface area contributed by atoms with Gasteiger partial charge in [-0.25, -0.2) is 15.0 Å². The lowest BCUT2D eigenvalue weighted by molar-refractivity contribution is 0.146. The molecule has 10 nitrogen and oxygen atoms in total. The smallest absolute Gasteiger partial charge is 0.151 e. The third kappa shape index (κ3) is 4.57. The SMILES string of the molecule is CCc1nc2c(N)ncc(-c3cnn(C4CCN(CCO)CC4)c3)c2nc1N[C@@H]1CC[C@H](O)C1. The first kappa shape index (κ1) is 22.9. The van der Waals surface area contributed by atoms with Gasteiger partial charge in [-0.2, -0.15) is 5.10 Å². The van der Waals surface area contributed by atoms with E-state index in [0.29, 0.717) is 22.9 Å². The van der Waals surface area contributed by atoms with E-state index < -0.39 is 0 Å². The highest BCUT2D eigenvalue weighted by atomic mass is 16.3. The molecule has 1 aliphatic carbocycles. The van der Waals surface area contributed by atoms with E-state index in [1.165, 1.54) is 0 Å². The third-order valence-electron chi connectivity index (χ3n) is 7.14. The molecule has 2 atom stereocenters. The van der Waals surface area contributed by atoms with Crippen LogP contribution in [0.4, 0.5) is 11.6 Å². The fourth-order valence-corrected chi connectivity index (χ4v) is 5.17. The van der Waals surface area contributed by atoms with Crippen molar-refractivity contribution in [2.75, 3.05) is 37.3 Å². The molecule has 34 heavy (non-hydrogen) atoms. The highest BCUT2D eigenvalue weighted by Crippen LogP contribution is 2.32. The minimum atomic E-state index is -0.257. The minimum Gasteiger partial charge on any atom is -0.395 e. The molecule has 1 aliphatic heterocycles. The van der Waals surface area contributed by atoms with Crippen LogP contribution in [0.2, 0.25) is 0 Å². The summed E-state index contributed by atoms with van der Waals surface area (Å²) in [7, 11) is 0. The van der Waals surface area contributed by atoms with E-state index in [4.69, 9.17) is 15.7 Å². The van der Waals surface area contributed by atoms with E-state index in [0.717, 1.165) is 80.8 Å². The summed E-state index contributed by atoms with van der Waals surface area (Å²) in [6, 6.07) is 0.523. The molecule has 0 aromatic carbocycles. The lowest BCUT2D eigenvalue weighted by atomic mass is 10.1. The van der Waals surface area contributed by atoms with Gasteiger partial charge in [-0.05, 0) is 38.5 Å². The molecule has 5 N–H and O–H groups in total. The van der Waals surface area contributed by atoms with Crippen LogP contribution in [-0.2, 0) is 6.42 Å². The summed E-state index contributed by atoms with van der Waals surface area (Å²) in [5, 5.41) is 27.3. The van der Waals surface area contributed by atoms with Crippen molar-refractivity contribution in [3.05, 3.63) is 24.3 Å². The normalized spacial score (nSPS) is 22.0. The number of β-amino-alcohol motifs (C(OH)–C–C–N with tert-alkyl or cyclic N) is 1. The quantitative estimate of drug-likeness (QED) is 0.412. The van der Waals surface area contributed by atoms with Gasteiger partial charge in [-0.15, -0.1) is 0 Å². The molecule has 0 unspecified atom stereocenters. The van der Waals surface area contributed by atoms with E-state index in [9.17, 15) is 10.2 Å². The number of likely N-dealkylation sites (tertiary alicyclic amines) is 1. The number of hydrogen-bond donors (Lipinski definition) is 4. The largest absolute Gasteiger partial charge is 0.395 e. The van der Waals surface area contributed by atoms with Crippen LogP contribution in [0.3, 0.4) is 0 Å². The van der Waals surface area contributed by atoms with Crippen LogP contribution in [0.5, 0.6) is 0 Å². The van der Waals surface area contributed by atoms with E-state index >= 15 is 0 Å². The predicted molar refractivity (Wildman–Crippen MR) is 131 cm³/mol. The number of rotatable bonds is 7. The molecular formula is C24H34N8O2. The number of piperidine rings is 1. The van der Waals surface area contributed by atoms with Crippen LogP contribution >= 0.6 is 0 Å². The molecule has 0 bridgehead atoms. The number of nitrogens with two attached hydrogens (primary N) is 1. The Kier molecular flexibility index (Phi) is 6.62. The van der Waals surface area contributed by atoms with Crippen LogP contribution < -0.4 is 11.1 Å². The maximum atomic E-state index is 9.93. The van der Waals surface area contributed by atoms with Gasteiger partial charge in [-0.3, -0.25) is 4.68 Å². The van der Waals surface area contributed by atoms with Crippen molar-refractivity contribution in [3.63, 3.8) is 0 Å². The number of aryl methyl sites for hydroxylation is 1. The number of hydrogen-bond acceptors (Lipinski definition) is 9. The Balaban J connectivity index is 1.45. The molecule has 1 saturated heterocycles. The van der Waals surface area contributed by atoms with Gasteiger partial charge in [0.25, 0.3) is 0 Å². The van der Waals surface area contributed by atoms with Crippen LogP contribution in [0.25, 0.3) is 22.2 Å². The van der Waals surface area contributed by atoms with Crippen LogP contribution in [-0.4, -0.2) is 78.2 Å².